The first-order valence-electron chi connectivity index (χ1n) is 5.96. The highest BCUT2D eigenvalue weighted by atomic mass is 19.4. The van der Waals surface area contributed by atoms with Crippen LogP contribution in [0, 0.1) is 0 Å². The minimum atomic E-state index is -4.09. The van der Waals surface area contributed by atoms with Crippen LogP contribution in [0.2, 0.25) is 0 Å². The first-order chi connectivity index (χ1) is 7.83. The number of aliphatic hydroxyl groups excluding tert-OH is 1. The molecule has 0 saturated carbocycles. The number of rotatable bonds is 9. The fraction of sp³-hybridized carbons (Fsp3) is 1.00. The Morgan fingerprint density at radius 1 is 1.12 bits per heavy atom. The quantitative estimate of drug-likeness (QED) is 0.551. The zero-order valence-electron chi connectivity index (χ0n) is 10.3. The summed E-state index contributed by atoms with van der Waals surface area (Å²) >= 11 is 0. The monoisotopic (exact) mass is 256 g/mol. The molecule has 0 fully saturated rings. The van der Waals surface area contributed by atoms with Crippen molar-refractivity contribution in [2.45, 2.75) is 50.7 Å². The molecular weight excluding hydrogens is 233 g/mol. The molecule has 0 rings (SSSR count). The van der Waals surface area contributed by atoms with Crippen molar-refractivity contribution in [3.05, 3.63) is 0 Å². The average Bonchev–Trinajstić information content (AvgIpc) is 2.23. The molecule has 0 amide bonds. The van der Waals surface area contributed by atoms with Crippen LogP contribution in [-0.2, 0) is 0 Å². The first kappa shape index (κ1) is 16.7. The van der Waals surface area contributed by atoms with Crippen LogP contribution in [0.4, 0.5) is 13.2 Å². The lowest BCUT2D eigenvalue weighted by atomic mass is 9.94. The number of unbranched alkanes of at least 4 members (excludes halogenated alkanes) is 1. The molecule has 6 heteroatoms. The van der Waals surface area contributed by atoms with E-state index in [0.717, 1.165) is 6.42 Å². The van der Waals surface area contributed by atoms with Crippen molar-refractivity contribution in [1.29, 1.82) is 0 Å². The molecule has 0 heterocycles. The van der Waals surface area contributed by atoms with Crippen LogP contribution < -0.4 is 11.1 Å². The van der Waals surface area contributed by atoms with Crippen LogP contribution in [0.3, 0.4) is 0 Å². The molecule has 17 heavy (non-hydrogen) atoms. The van der Waals surface area contributed by atoms with Crippen LogP contribution in [0.25, 0.3) is 0 Å². The highest BCUT2D eigenvalue weighted by Gasteiger charge is 2.29. The van der Waals surface area contributed by atoms with E-state index in [4.69, 9.17) is 10.8 Å². The van der Waals surface area contributed by atoms with Crippen molar-refractivity contribution < 1.29 is 18.3 Å². The minimum Gasteiger partial charge on any atom is -0.396 e. The van der Waals surface area contributed by atoms with Gasteiger partial charge in [-0.15, -0.1) is 0 Å². The van der Waals surface area contributed by atoms with Gasteiger partial charge in [-0.1, -0.05) is 0 Å². The maximum absolute atomic E-state index is 12.0. The lowest BCUT2D eigenvalue weighted by molar-refractivity contribution is -0.136. The molecule has 1 unspecified atom stereocenters. The highest BCUT2D eigenvalue weighted by molar-refractivity contribution is 4.84. The molecule has 0 aromatic rings. The van der Waals surface area contributed by atoms with Crippen LogP contribution >= 0.6 is 0 Å². The van der Waals surface area contributed by atoms with Gasteiger partial charge in [-0.2, -0.15) is 13.2 Å². The van der Waals surface area contributed by atoms with E-state index in [1.165, 1.54) is 0 Å². The zero-order chi connectivity index (χ0) is 13.4. The van der Waals surface area contributed by atoms with Gasteiger partial charge in [0.05, 0.1) is 0 Å². The highest BCUT2D eigenvalue weighted by Crippen LogP contribution is 2.24. The van der Waals surface area contributed by atoms with Crippen LogP contribution in [0.5, 0.6) is 0 Å². The van der Waals surface area contributed by atoms with Gasteiger partial charge in [-0.05, 0) is 39.2 Å². The van der Waals surface area contributed by atoms with E-state index in [0.29, 0.717) is 25.9 Å². The maximum atomic E-state index is 12.0. The third kappa shape index (κ3) is 9.38. The number of hydrogen-bond donors (Lipinski definition) is 3. The fourth-order valence-electron chi connectivity index (χ4n) is 1.57. The SMILES string of the molecule is CC(CN)(CCCC(F)(F)F)NCCCCO. The van der Waals surface area contributed by atoms with Crippen molar-refractivity contribution in [3.63, 3.8) is 0 Å². The van der Waals surface area contributed by atoms with Gasteiger partial charge in [0.1, 0.15) is 0 Å². The summed E-state index contributed by atoms with van der Waals surface area (Å²) in [5.41, 5.74) is 5.13. The summed E-state index contributed by atoms with van der Waals surface area (Å²) in [5, 5.41) is 11.8. The largest absolute Gasteiger partial charge is 0.396 e. The number of hydrogen-bond acceptors (Lipinski definition) is 3. The van der Waals surface area contributed by atoms with E-state index in [9.17, 15) is 13.2 Å². The van der Waals surface area contributed by atoms with E-state index in [1.807, 2.05) is 6.92 Å². The second kappa shape index (κ2) is 7.89. The maximum Gasteiger partial charge on any atom is 0.389 e. The molecule has 0 radical (unpaired) electrons. The van der Waals surface area contributed by atoms with Gasteiger partial charge in [0, 0.05) is 25.1 Å². The summed E-state index contributed by atoms with van der Waals surface area (Å²) in [6, 6.07) is 0. The third-order valence-corrected chi connectivity index (χ3v) is 2.78. The topological polar surface area (TPSA) is 58.3 Å². The average molecular weight is 256 g/mol. The second-order valence-electron chi connectivity index (χ2n) is 4.59. The first-order valence-corrected chi connectivity index (χ1v) is 5.96. The Morgan fingerprint density at radius 2 is 1.76 bits per heavy atom. The van der Waals surface area contributed by atoms with Gasteiger partial charge in [-0.3, -0.25) is 0 Å². The van der Waals surface area contributed by atoms with Gasteiger partial charge in [0.15, 0.2) is 0 Å². The van der Waals surface area contributed by atoms with E-state index in [-0.39, 0.29) is 13.0 Å². The van der Waals surface area contributed by atoms with Gasteiger partial charge >= 0.3 is 6.18 Å². The predicted molar refractivity (Wildman–Crippen MR) is 61.7 cm³/mol. The van der Waals surface area contributed by atoms with Crippen LogP contribution in [0.15, 0.2) is 0 Å². The molecule has 104 valence electrons. The molecular formula is C11H23F3N2O. The summed E-state index contributed by atoms with van der Waals surface area (Å²) in [6.07, 6.45) is -2.87. The smallest absolute Gasteiger partial charge is 0.389 e. The Labute approximate surface area is 101 Å². The second-order valence-corrected chi connectivity index (χ2v) is 4.59. The number of nitrogens with one attached hydrogen (secondary N) is 1. The molecule has 3 nitrogen and oxygen atoms in total. The van der Waals surface area contributed by atoms with Crippen molar-refractivity contribution in [2.24, 2.45) is 5.73 Å². The summed E-state index contributed by atoms with van der Waals surface area (Å²) in [5.74, 6) is 0. The summed E-state index contributed by atoms with van der Waals surface area (Å²) < 4.78 is 36.0. The number of nitrogens with two attached hydrogens (primary N) is 1. The normalized spacial score (nSPS) is 15.9. The predicted octanol–water partition coefficient (Wildman–Crippen LogP) is 1.80. The van der Waals surface area contributed by atoms with E-state index >= 15 is 0 Å². The van der Waals surface area contributed by atoms with E-state index in [1.54, 1.807) is 0 Å². The molecule has 0 aromatic carbocycles. The Bertz CT molecular complexity index is 200. The lowest BCUT2D eigenvalue weighted by Gasteiger charge is -2.30. The molecule has 0 aliphatic carbocycles. The fourth-order valence-corrected chi connectivity index (χ4v) is 1.57. The Balaban J connectivity index is 3.84. The Morgan fingerprint density at radius 3 is 2.24 bits per heavy atom. The van der Waals surface area contributed by atoms with Gasteiger partial charge in [0.25, 0.3) is 0 Å². The van der Waals surface area contributed by atoms with Crippen molar-refractivity contribution in [1.82, 2.24) is 5.32 Å². The summed E-state index contributed by atoms with van der Waals surface area (Å²) in [4.78, 5) is 0. The molecule has 4 N–H and O–H groups in total. The molecule has 0 saturated heterocycles. The van der Waals surface area contributed by atoms with E-state index in [2.05, 4.69) is 5.32 Å². The van der Waals surface area contributed by atoms with Gasteiger partial charge in [0.2, 0.25) is 0 Å². The summed E-state index contributed by atoms with van der Waals surface area (Å²) in [7, 11) is 0. The number of halogens is 3. The third-order valence-electron chi connectivity index (χ3n) is 2.78. The molecule has 1 atom stereocenters. The van der Waals surface area contributed by atoms with Crippen molar-refractivity contribution in [2.75, 3.05) is 19.7 Å². The number of alkyl halides is 3. The standard InChI is InChI=1S/C11H23F3N2O/c1-10(9-15,16-7-2-3-8-17)5-4-6-11(12,13)14/h16-17H,2-9,15H2,1H3. The van der Waals surface area contributed by atoms with Gasteiger partial charge in [-0.25, -0.2) is 0 Å². The molecule has 0 bridgehead atoms. The number of aliphatic hydroxyl groups is 1. The molecule has 0 spiro atoms. The van der Waals surface area contributed by atoms with Crippen molar-refractivity contribution >= 4 is 0 Å². The lowest BCUT2D eigenvalue weighted by Crippen LogP contribution is -2.49. The van der Waals surface area contributed by atoms with Crippen LogP contribution in [-0.4, -0.2) is 36.5 Å². The van der Waals surface area contributed by atoms with E-state index < -0.39 is 18.1 Å². The molecule has 0 aromatic heterocycles. The molecule has 0 aliphatic rings. The Hall–Kier alpha value is -0.330. The minimum absolute atomic E-state index is 0.0875. The zero-order valence-corrected chi connectivity index (χ0v) is 10.3. The van der Waals surface area contributed by atoms with Crippen molar-refractivity contribution in [3.8, 4) is 0 Å². The Kier molecular flexibility index (Phi) is 7.74. The van der Waals surface area contributed by atoms with Crippen LogP contribution in [0.1, 0.15) is 39.0 Å². The molecule has 0 aliphatic heterocycles. The summed E-state index contributed by atoms with van der Waals surface area (Å²) in [6.45, 7) is 2.95. The van der Waals surface area contributed by atoms with Gasteiger partial charge < -0.3 is 16.2 Å².